The third-order valence-electron chi connectivity index (χ3n) is 5.70. The first-order chi connectivity index (χ1) is 7.65. The van der Waals surface area contributed by atoms with Crippen LogP contribution in [0.15, 0.2) is 0 Å². The van der Waals surface area contributed by atoms with E-state index in [1.165, 1.54) is 16.1 Å². The summed E-state index contributed by atoms with van der Waals surface area (Å²) in [5.74, 6) is 5.38. The summed E-state index contributed by atoms with van der Waals surface area (Å²) >= 11 is 0.998. The summed E-state index contributed by atoms with van der Waals surface area (Å²) in [5.41, 5.74) is 0. The van der Waals surface area contributed by atoms with Crippen molar-refractivity contribution in [2.24, 2.45) is 29.6 Å². The van der Waals surface area contributed by atoms with Gasteiger partial charge in [-0.3, -0.25) is 0 Å². The molecule has 0 N–H and O–H groups in total. The van der Waals surface area contributed by atoms with Crippen LogP contribution >= 0.6 is 0 Å². The van der Waals surface area contributed by atoms with Crippen molar-refractivity contribution in [3.63, 3.8) is 0 Å². The van der Waals surface area contributed by atoms with E-state index < -0.39 is 0 Å². The van der Waals surface area contributed by atoms with Gasteiger partial charge in [0.25, 0.3) is 0 Å². The molecule has 0 nitrogen and oxygen atoms in total. The Labute approximate surface area is 107 Å². The Morgan fingerprint density at radius 1 is 0.750 bits per heavy atom. The van der Waals surface area contributed by atoms with Crippen molar-refractivity contribution in [2.45, 2.75) is 62.5 Å². The van der Waals surface area contributed by atoms with Gasteiger partial charge >= 0.3 is 107 Å². The van der Waals surface area contributed by atoms with Gasteiger partial charge in [0.2, 0.25) is 0 Å². The van der Waals surface area contributed by atoms with E-state index in [-0.39, 0.29) is 0 Å². The Kier molecular flexibility index (Phi) is 3.13. The molecule has 1 aliphatic heterocycles. The van der Waals surface area contributed by atoms with E-state index in [0.29, 0.717) is 0 Å². The fourth-order valence-corrected chi connectivity index (χ4v) is 9.36. The van der Waals surface area contributed by atoms with E-state index in [2.05, 4.69) is 20.8 Å². The van der Waals surface area contributed by atoms with Gasteiger partial charge in [0.1, 0.15) is 0 Å². The van der Waals surface area contributed by atoms with Crippen LogP contribution in [0.4, 0.5) is 0 Å². The second-order valence-electron chi connectivity index (χ2n) is 6.88. The van der Waals surface area contributed by atoms with Gasteiger partial charge in [-0.1, -0.05) is 0 Å². The molecule has 7 unspecified atom stereocenters. The van der Waals surface area contributed by atoms with E-state index in [4.69, 9.17) is 0 Å². The molecular weight excluding hydrogens is 259 g/mol. The molecule has 3 aliphatic rings. The van der Waals surface area contributed by atoms with Crippen molar-refractivity contribution in [3.05, 3.63) is 0 Å². The third-order valence-corrected chi connectivity index (χ3v) is 9.44. The van der Waals surface area contributed by atoms with Crippen LogP contribution in [-0.4, -0.2) is 15.0 Å². The minimum atomic E-state index is 0.998. The summed E-state index contributed by atoms with van der Waals surface area (Å²) in [6.07, 6.45) is 7.84. The molecule has 2 saturated carbocycles. The van der Waals surface area contributed by atoms with Crippen LogP contribution in [-0.2, 0) is 0 Å². The monoisotopic (exact) mass is 286 g/mol. The fourth-order valence-electron chi connectivity index (χ4n) is 4.42. The van der Waals surface area contributed by atoms with Crippen molar-refractivity contribution in [1.82, 2.24) is 0 Å². The normalized spacial score (nSPS) is 56.8. The van der Waals surface area contributed by atoms with Crippen LogP contribution in [0.25, 0.3) is 0 Å². The SMILES string of the molecule is CC1CCC2C(C1)[Se]C1CC(C)C(C)CC12. The van der Waals surface area contributed by atoms with Crippen LogP contribution in [0.2, 0.25) is 9.63 Å². The van der Waals surface area contributed by atoms with Crippen LogP contribution < -0.4 is 0 Å². The topological polar surface area (TPSA) is 0 Å². The molecule has 1 heteroatoms. The Bertz CT molecular complexity index is 262. The van der Waals surface area contributed by atoms with Crippen molar-refractivity contribution in [1.29, 1.82) is 0 Å². The van der Waals surface area contributed by atoms with Crippen molar-refractivity contribution in [2.75, 3.05) is 0 Å². The van der Waals surface area contributed by atoms with Crippen LogP contribution in [0.5, 0.6) is 0 Å². The van der Waals surface area contributed by atoms with Crippen LogP contribution in [0.1, 0.15) is 52.9 Å². The molecule has 0 radical (unpaired) electrons. The van der Waals surface area contributed by atoms with Gasteiger partial charge in [0.15, 0.2) is 0 Å². The van der Waals surface area contributed by atoms with Gasteiger partial charge in [0, 0.05) is 0 Å². The van der Waals surface area contributed by atoms with Crippen molar-refractivity contribution < 1.29 is 0 Å². The first kappa shape index (κ1) is 11.6. The maximum atomic E-state index is 2.51. The first-order valence-corrected chi connectivity index (χ1v) is 9.28. The zero-order chi connectivity index (χ0) is 11.3. The molecular formula is C15H26Se. The molecule has 1 heterocycles. The Morgan fingerprint density at radius 2 is 1.44 bits per heavy atom. The van der Waals surface area contributed by atoms with E-state index in [1.54, 1.807) is 25.7 Å². The Morgan fingerprint density at radius 3 is 2.25 bits per heavy atom. The molecule has 3 rings (SSSR count). The van der Waals surface area contributed by atoms with Crippen LogP contribution in [0.3, 0.4) is 0 Å². The molecule has 0 aromatic heterocycles. The fraction of sp³-hybridized carbons (Fsp3) is 1.00. The third kappa shape index (κ3) is 1.89. The zero-order valence-electron chi connectivity index (χ0n) is 11.0. The van der Waals surface area contributed by atoms with Crippen molar-refractivity contribution in [3.8, 4) is 0 Å². The van der Waals surface area contributed by atoms with Gasteiger partial charge in [-0.2, -0.15) is 0 Å². The van der Waals surface area contributed by atoms with E-state index >= 15 is 0 Å². The summed E-state index contributed by atoms with van der Waals surface area (Å²) in [7, 11) is 0. The minimum absolute atomic E-state index is 0.998. The van der Waals surface area contributed by atoms with Gasteiger partial charge in [-0.25, -0.2) is 0 Å². The second-order valence-corrected chi connectivity index (χ2v) is 10.00. The molecule has 0 aromatic rings. The predicted molar refractivity (Wildman–Crippen MR) is 70.8 cm³/mol. The Balaban J connectivity index is 1.74. The zero-order valence-corrected chi connectivity index (χ0v) is 12.7. The molecule has 0 aromatic carbocycles. The molecule has 0 bridgehead atoms. The Hall–Kier alpha value is 0.519. The number of hydrogen-bond donors (Lipinski definition) is 0. The summed E-state index contributed by atoms with van der Waals surface area (Å²) in [6.45, 7) is 7.49. The quantitative estimate of drug-likeness (QED) is 0.579. The van der Waals surface area contributed by atoms with E-state index in [9.17, 15) is 0 Å². The molecule has 2 aliphatic carbocycles. The van der Waals surface area contributed by atoms with Gasteiger partial charge in [-0.05, 0) is 0 Å². The number of rotatable bonds is 0. The molecule has 16 heavy (non-hydrogen) atoms. The summed E-state index contributed by atoms with van der Waals surface area (Å²) in [5, 5.41) is 0. The average molecular weight is 285 g/mol. The average Bonchev–Trinajstić information content (AvgIpc) is 2.55. The van der Waals surface area contributed by atoms with Gasteiger partial charge in [-0.15, -0.1) is 0 Å². The van der Waals surface area contributed by atoms with Crippen molar-refractivity contribution >= 4 is 15.0 Å². The second kappa shape index (κ2) is 4.32. The van der Waals surface area contributed by atoms with E-state index in [1.807, 2.05) is 0 Å². The summed E-state index contributed by atoms with van der Waals surface area (Å²) in [4.78, 5) is 2.36. The summed E-state index contributed by atoms with van der Waals surface area (Å²) in [6, 6.07) is 0. The molecule has 92 valence electrons. The number of hydrogen-bond acceptors (Lipinski definition) is 0. The maximum absolute atomic E-state index is 2.51. The molecule has 7 atom stereocenters. The molecule has 0 amide bonds. The molecule has 3 fully saturated rings. The summed E-state index contributed by atoms with van der Waals surface area (Å²) < 4.78 is 0. The number of fused-ring (bicyclic) bond motifs is 3. The van der Waals surface area contributed by atoms with Crippen LogP contribution in [0, 0.1) is 29.6 Å². The molecule has 0 spiro atoms. The molecule has 1 saturated heterocycles. The standard InChI is InChI=1S/C15H26Se/c1-9-4-5-12-13-7-10(2)11(3)8-15(13)16-14(12)6-9/h9-15H,4-8H2,1-3H3. The van der Waals surface area contributed by atoms with E-state index in [0.717, 1.165) is 44.5 Å². The first-order valence-electron chi connectivity index (χ1n) is 7.30. The predicted octanol–water partition coefficient (Wildman–Crippen LogP) is 4.40. The van der Waals surface area contributed by atoms with Gasteiger partial charge in [0.05, 0.1) is 0 Å². The van der Waals surface area contributed by atoms with Gasteiger partial charge < -0.3 is 0 Å².